The van der Waals surface area contributed by atoms with Crippen molar-refractivity contribution in [3.05, 3.63) is 18.2 Å². The number of alkyl carbamates (subject to hydrolysis) is 1. The zero-order valence-electron chi connectivity index (χ0n) is 14.8. The lowest BCUT2D eigenvalue weighted by Gasteiger charge is -2.30. The van der Waals surface area contributed by atoms with Gasteiger partial charge >= 0.3 is 6.09 Å². The van der Waals surface area contributed by atoms with Crippen LogP contribution in [0, 0.1) is 5.92 Å². The van der Waals surface area contributed by atoms with Crippen molar-refractivity contribution < 1.29 is 9.53 Å². The van der Waals surface area contributed by atoms with E-state index in [0.717, 1.165) is 25.2 Å². The van der Waals surface area contributed by atoms with Crippen molar-refractivity contribution in [1.29, 1.82) is 0 Å². The molecule has 6 heteroatoms. The molecular formula is C17H30N4O2. The Morgan fingerprint density at radius 1 is 1.48 bits per heavy atom. The Kier molecular flexibility index (Phi) is 6.04. The monoisotopic (exact) mass is 322 g/mol. The summed E-state index contributed by atoms with van der Waals surface area (Å²) in [6.07, 6.45) is 6.74. The first-order chi connectivity index (χ1) is 10.8. The Labute approximate surface area is 139 Å². The molecule has 1 N–H and O–H groups in total. The summed E-state index contributed by atoms with van der Waals surface area (Å²) in [7, 11) is 2.19. The smallest absolute Gasteiger partial charge is 0.407 e. The van der Waals surface area contributed by atoms with Crippen molar-refractivity contribution in [3.63, 3.8) is 0 Å². The van der Waals surface area contributed by atoms with Gasteiger partial charge in [-0.3, -0.25) is 0 Å². The van der Waals surface area contributed by atoms with E-state index in [0.29, 0.717) is 12.5 Å². The number of carbonyl (C=O) groups is 1. The summed E-state index contributed by atoms with van der Waals surface area (Å²) in [5, 5.41) is 2.80. The molecule has 2 rings (SSSR count). The summed E-state index contributed by atoms with van der Waals surface area (Å²) in [6.45, 7) is 9.51. The summed E-state index contributed by atoms with van der Waals surface area (Å²) >= 11 is 0. The highest BCUT2D eigenvalue weighted by Crippen LogP contribution is 2.18. The van der Waals surface area contributed by atoms with Crippen LogP contribution in [0.5, 0.6) is 0 Å². The lowest BCUT2D eigenvalue weighted by Crippen LogP contribution is -2.35. The number of rotatable bonds is 5. The van der Waals surface area contributed by atoms with E-state index >= 15 is 0 Å². The normalized spacial score (nSPS) is 19.6. The van der Waals surface area contributed by atoms with Gasteiger partial charge in [0.1, 0.15) is 5.60 Å². The van der Waals surface area contributed by atoms with Crippen LogP contribution >= 0.6 is 0 Å². The van der Waals surface area contributed by atoms with Crippen molar-refractivity contribution in [1.82, 2.24) is 19.8 Å². The molecule has 0 radical (unpaired) electrons. The van der Waals surface area contributed by atoms with Crippen LogP contribution in [0.4, 0.5) is 4.79 Å². The highest BCUT2D eigenvalue weighted by atomic mass is 16.6. The first kappa shape index (κ1) is 17.8. The van der Waals surface area contributed by atoms with Gasteiger partial charge in [0.05, 0.1) is 6.33 Å². The number of likely N-dealkylation sites (tertiary alicyclic amines) is 1. The summed E-state index contributed by atoms with van der Waals surface area (Å²) < 4.78 is 7.47. The molecule has 1 unspecified atom stereocenters. The fourth-order valence-electron chi connectivity index (χ4n) is 3.03. The third kappa shape index (κ3) is 6.22. The highest BCUT2D eigenvalue weighted by Gasteiger charge is 2.19. The maximum atomic E-state index is 11.7. The third-order valence-electron chi connectivity index (χ3n) is 4.02. The van der Waals surface area contributed by atoms with Crippen LogP contribution in [0.3, 0.4) is 0 Å². The minimum Gasteiger partial charge on any atom is -0.444 e. The minimum absolute atomic E-state index is 0.363. The SMILES string of the molecule is CN1CCCC(Cn2cncc2CCNC(=O)OC(C)(C)C)C1. The predicted octanol–water partition coefficient (Wildman–Crippen LogP) is 2.29. The molecule has 0 bridgehead atoms. The van der Waals surface area contributed by atoms with Crippen LogP contribution in [0.2, 0.25) is 0 Å². The maximum Gasteiger partial charge on any atom is 0.407 e. The van der Waals surface area contributed by atoms with Gasteiger partial charge in [-0.05, 0) is 53.1 Å². The number of carbonyl (C=O) groups excluding carboxylic acids is 1. The van der Waals surface area contributed by atoms with Gasteiger partial charge in [0, 0.05) is 37.9 Å². The van der Waals surface area contributed by atoms with Crippen LogP contribution in [-0.4, -0.2) is 52.8 Å². The molecule has 0 aromatic carbocycles. The molecular weight excluding hydrogens is 292 g/mol. The van der Waals surface area contributed by atoms with E-state index in [1.165, 1.54) is 19.4 Å². The van der Waals surface area contributed by atoms with E-state index in [2.05, 4.69) is 26.8 Å². The number of amides is 1. The molecule has 1 aromatic heterocycles. The van der Waals surface area contributed by atoms with Gasteiger partial charge in [0.2, 0.25) is 0 Å². The number of aromatic nitrogens is 2. The van der Waals surface area contributed by atoms with Crippen molar-refractivity contribution in [2.45, 2.75) is 52.2 Å². The number of nitrogens with one attached hydrogen (secondary N) is 1. The molecule has 6 nitrogen and oxygen atoms in total. The van der Waals surface area contributed by atoms with Crippen LogP contribution < -0.4 is 5.32 Å². The molecule has 23 heavy (non-hydrogen) atoms. The lowest BCUT2D eigenvalue weighted by molar-refractivity contribution is 0.0528. The number of hydrogen-bond acceptors (Lipinski definition) is 4. The van der Waals surface area contributed by atoms with Crippen LogP contribution in [0.1, 0.15) is 39.3 Å². The fraction of sp³-hybridized carbons (Fsp3) is 0.765. The number of hydrogen-bond donors (Lipinski definition) is 1. The van der Waals surface area contributed by atoms with Gasteiger partial charge in [-0.1, -0.05) is 0 Å². The summed E-state index contributed by atoms with van der Waals surface area (Å²) in [6, 6.07) is 0. The highest BCUT2D eigenvalue weighted by molar-refractivity contribution is 5.67. The van der Waals surface area contributed by atoms with E-state index in [4.69, 9.17) is 4.74 Å². The van der Waals surface area contributed by atoms with Gasteiger partial charge in [-0.2, -0.15) is 0 Å². The van der Waals surface area contributed by atoms with E-state index < -0.39 is 5.60 Å². The molecule has 1 atom stereocenters. The molecule has 1 aromatic rings. The van der Waals surface area contributed by atoms with Gasteiger partial charge in [-0.25, -0.2) is 9.78 Å². The standard InChI is InChI=1S/C17H30N4O2/c1-17(2,3)23-16(22)19-8-7-15-10-18-13-21(15)12-14-6-5-9-20(4)11-14/h10,13-14H,5-9,11-12H2,1-4H3,(H,19,22). The topological polar surface area (TPSA) is 59.4 Å². The summed E-state index contributed by atoms with van der Waals surface area (Å²) in [4.78, 5) is 18.3. The molecule has 0 aliphatic carbocycles. The molecule has 1 aliphatic rings. The molecule has 0 spiro atoms. The average molecular weight is 322 g/mol. The Morgan fingerprint density at radius 2 is 2.26 bits per heavy atom. The molecule has 1 aliphatic heterocycles. The summed E-state index contributed by atoms with van der Waals surface area (Å²) in [5.41, 5.74) is 0.702. The van der Waals surface area contributed by atoms with Gasteiger partial charge in [0.15, 0.2) is 0 Å². The van der Waals surface area contributed by atoms with Crippen LogP contribution in [0.15, 0.2) is 12.5 Å². The van der Waals surface area contributed by atoms with E-state index in [9.17, 15) is 4.79 Å². The molecule has 1 amide bonds. The minimum atomic E-state index is -0.459. The fourth-order valence-corrected chi connectivity index (χ4v) is 3.03. The average Bonchev–Trinajstić information content (AvgIpc) is 2.84. The van der Waals surface area contributed by atoms with E-state index in [1.54, 1.807) is 0 Å². The zero-order chi connectivity index (χ0) is 16.9. The number of piperidine rings is 1. The largest absolute Gasteiger partial charge is 0.444 e. The lowest BCUT2D eigenvalue weighted by atomic mass is 9.98. The van der Waals surface area contributed by atoms with E-state index in [-0.39, 0.29) is 6.09 Å². The second kappa shape index (κ2) is 7.81. The maximum absolute atomic E-state index is 11.7. The number of ether oxygens (including phenoxy) is 1. The number of imidazole rings is 1. The predicted molar refractivity (Wildman–Crippen MR) is 90.4 cm³/mol. The first-order valence-corrected chi connectivity index (χ1v) is 8.48. The Bertz CT molecular complexity index is 507. The first-order valence-electron chi connectivity index (χ1n) is 8.48. The van der Waals surface area contributed by atoms with Crippen molar-refractivity contribution in [3.8, 4) is 0 Å². The quantitative estimate of drug-likeness (QED) is 0.903. The number of nitrogens with zero attached hydrogens (tertiary/aromatic N) is 3. The van der Waals surface area contributed by atoms with Gasteiger partial charge in [0.25, 0.3) is 0 Å². The Balaban J connectivity index is 1.78. The van der Waals surface area contributed by atoms with Gasteiger partial charge in [-0.15, -0.1) is 0 Å². The van der Waals surface area contributed by atoms with Crippen molar-refractivity contribution >= 4 is 6.09 Å². The second-order valence-electron chi connectivity index (χ2n) is 7.49. The van der Waals surface area contributed by atoms with Crippen molar-refractivity contribution in [2.75, 3.05) is 26.7 Å². The Morgan fingerprint density at radius 3 is 2.96 bits per heavy atom. The summed E-state index contributed by atoms with van der Waals surface area (Å²) in [5.74, 6) is 0.681. The molecule has 2 heterocycles. The second-order valence-corrected chi connectivity index (χ2v) is 7.49. The Hall–Kier alpha value is -1.56. The molecule has 1 fully saturated rings. The molecule has 130 valence electrons. The van der Waals surface area contributed by atoms with Gasteiger partial charge < -0.3 is 19.5 Å². The molecule has 1 saturated heterocycles. The zero-order valence-corrected chi connectivity index (χ0v) is 14.8. The van der Waals surface area contributed by atoms with Crippen LogP contribution in [0.25, 0.3) is 0 Å². The van der Waals surface area contributed by atoms with Crippen LogP contribution in [-0.2, 0) is 17.7 Å². The molecule has 0 saturated carbocycles. The van der Waals surface area contributed by atoms with E-state index in [1.807, 2.05) is 33.3 Å². The third-order valence-corrected chi connectivity index (χ3v) is 4.02. The van der Waals surface area contributed by atoms with Crippen molar-refractivity contribution in [2.24, 2.45) is 5.92 Å².